The van der Waals surface area contributed by atoms with Gasteiger partial charge in [0.1, 0.15) is 30.5 Å². The van der Waals surface area contributed by atoms with Gasteiger partial charge in [-0.3, -0.25) is 0 Å². The van der Waals surface area contributed by atoms with Gasteiger partial charge in [-0.25, -0.2) is 0 Å². The first-order valence-electron chi connectivity index (χ1n) is 5.54. The normalized spacial score (nSPS) is 10.1. The Morgan fingerprint density at radius 2 is 1.56 bits per heavy atom. The smallest absolute Gasteiger partial charge is 0.122 e. The van der Waals surface area contributed by atoms with Gasteiger partial charge in [-0.2, -0.15) is 0 Å². The molecule has 0 unspecified atom stereocenters. The summed E-state index contributed by atoms with van der Waals surface area (Å²) in [5, 5.41) is 9.76. The van der Waals surface area contributed by atoms with Gasteiger partial charge in [-0.05, 0) is 42.5 Å². The molecule has 94 valence electrons. The molecule has 3 nitrogen and oxygen atoms in total. The number of hydrogen-bond donors (Lipinski definition) is 1. The van der Waals surface area contributed by atoms with Crippen molar-refractivity contribution in [1.82, 2.24) is 0 Å². The Balaban J connectivity index is 1.74. The maximum Gasteiger partial charge on any atom is 0.122 e. The van der Waals surface area contributed by atoms with Crippen LogP contribution in [0.15, 0.2) is 48.5 Å². The predicted octanol–water partition coefficient (Wildman–Crippen LogP) is 3.50. The van der Waals surface area contributed by atoms with Crippen LogP contribution in [0, 0.1) is 0 Å². The summed E-state index contributed by atoms with van der Waals surface area (Å²) in [6, 6.07) is 13.8. The van der Waals surface area contributed by atoms with E-state index in [2.05, 4.69) is 0 Å². The zero-order chi connectivity index (χ0) is 12.8. The van der Waals surface area contributed by atoms with E-state index in [1.54, 1.807) is 36.4 Å². The molecule has 2 aromatic rings. The largest absolute Gasteiger partial charge is 0.508 e. The molecule has 2 rings (SSSR count). The molecule has 0 aliphatic carbocycles. The fourth-order valence-electron chi connectivity index (χ4n) is 1.42. The lowest BCUT2D eigenvalue weighted by atomic mass is 10.3. The van der Waals surface area contributed by atoms with E-state index in [-0.39, 0.29) is 5.75 Å². The van der Waals surface area contributed by atoms with Crippen molar-refractivity contribution in [1.29, 1.82) is 0 Å². The minimum atomic E-state index is 0.220. The highest BCUT2D eigenvalue weighted by Gasteiger charge is 1.96. The zero-order valence-corrected chi connectivity index (χ0v) is 10.4. The van der Waals surface area contributed by atoms with Crippen LogP contribution in [0.25, 0.3) is 0 Å². The molecule has 0 aliphatic heterocycles. The molecule has 2 aromatic carbocycles. The van der Waals surface area contributed by atoms with Crippen LogP contribution in [0.5, 0.6) is 17.2 Å². The molecule has 0 atom stereocenters. The molecule has 0 amide bonds. The number of rotatable bonds is 5. The highest BCUT2D eigenvalue weighted by Crippen LogP contribution is 2.18. The molecular formula is C14H13ClO3. The number of halogens is 1. The van der Waals surface area contributed by atoms with Gasteiger partial charge in [0.25, 0.3) is 0 Å². The van der Waals surface area contributed by atoms with E-state index in [0.717, 1.165) is 5.75 Å². The third kappa shape index (κ3) is 3.86. The van der Waals surface area contributed by atoms with Crippen LogP contribution in [0.4, 0.5) is 0 Å². The summed E-state index contributed by atoms with van der Waals surface area (Å²) in [7, 11) is 0. The van der Waals surface area contributed by atoms with Crippen molar-refractivity contribution in [2.75, 3.05) is 13.2 Å². The van der Waals surface area contributed by atoms with Crippen molar-refractivity contribution < 1.29 is 14.6 Å². The van der Waals surface area contributed by atoms with Crippen LogP contribution in [-0.2, 0) is 0 Å². The van der Waals surface area contributed by atoms with Gasteiger partial charge in [0.2, 0.25) is 0 Å². The highest BCUT2D eigenvalue weighted by molar-refractivity contribution is 6.30. The van der Waals surface area contributed by atoms with Gasteiger partial charge >= 0.3 is 0 Å². The fraction of sp³-hybridized carbons (Fsp3) is 0.143. The van der Waals surface area contributed by atoms with Gasteiger partial charge in [-0.15, -0.1) is 0 Å². The minimum Gasteiger partial charge on any atom is -0.508 e. The lowest BCUT2D eigenvalue weighted by molar-refractivity contribution is 0.217. The Bertz CT molecular complexity index is 497. The average Bonchev–Trinajstić information content (AvgIpc) is 2.37. The minimum absolute atomic E-state index is 0.220. The summed E-state index contributed by atoms with van der Waals surface area (Å²) in [4.78, 5) is 0. The molecule has 4 heteroatoms. The van der Waals surface area contributed by atoms with Crippen LogP contribution in [-0.4, -0.2) is 18.3 Å². The van der Waals surface area contributed by atoms with Crippen LogP contribution in [0.3, 0.4) is 0 Å². The molecule has 18 heavy (non-hydrogen) atoms. The summed E-state index contributed by atoms with van der Waals surface area (Å²) in [5.41, 5.74) is 0. The standard InChI is InChI=1S/C14H13ClO3/c15-11-2-1-3-14(10-11)18-9-8-17-13-6-4-12(16)5-7-13/h1-7,10,16H,8-9H2. The van der Waals surface area contributed by atoms with E-state index in [4.69, 9.17) is 26.2 Å². The van der Waals surface area contributed by atoms with Crippen molar-refractivity contribution in [2.24, 2.45) is 0 Å². The molecule has 0 aliphatic rings. The Kier molecular flexibility index (Phi) is 4.31. The predicted molar refractivity (Wildman–Crippen MR) is 70.5 cm³/mol. The van der Waals surface area contributed by atoms with Gasteiger partial charge in [0.05, 0.1) is 0 Å². The quantitative estimate of drug-likeness (QED) is 0.840. The zero-order valence-electron chi connectivity index (χ0n) is 9.67. The molecule has 1 N–H and O–H groups in total. The molecule has 0 aromatic heterocycles. The number of benzene rings is 2. The van der Waals surface area contributed by atoms with Crippen molar-refractivity contribution in [3.05, 3.63) is 53.6 Å². The second-order valence-corrected chi connectivity index (χ2v) is 4.08. The lowest BCUT2D eigenvalue weighted by Crippen LogP contribution is -2.08. The first-order valence-corrected chi connectivity index (χ1v) is 5.92. The third-order valence-electron chi connectivity index (χ3n) is 2.25. The van der Waals surface area contributed by atoms with E-state index >= 15 is 0 Å². The van der Waals surface area contributed by atoms with Gasteiger partial charge < -0.3 is 14.6 Å². The summed E-state index contributed by atoms with van der Waals surface area (Å²) < 4.78 is 10.9. The topological polar surface area (TPSA) is 38.7 Å². The van der Waals surface area contributed by atoms with Crippen molar-refractivity contribution in [3.8, 4) is 17.2 Å². The molecule has 0 radical (unpaired) electrons. The Morgan fingerprint density at radius 1 is 0.889 bits per heavy atom. The highest BCUT2D eigenvalue weighted by atomic mass is 35.5. The van der Waals surface area contributed by atoms with E-state index in [0.29, 0.717) is 24.0 Å². The Labute approximate surface area is 111 Å². The molecule has 0 saturated carbocycles. The van der Waals surface area contributed by atoms with Gasteiger partial charge in [0, 0.05) is 5.02 Å². The molecular weight excluding hydrogens is 252 g/mol. The average molecular weight is 265 g/mol. The Hall–Kier alpha value is -1.87. The van der Waals surface area contributed by atoms with Crippen molar-refractivity contribution >= 4 is 11.6 Å². The molecule has 0 bridgehead atoms. The van der Waals surface area contributed by atoms with Crippen LogP contribution in [0.2, 0.25) is 5.02 Å². The number of ether oxygens (including phenoxy) is 2. The maximum atomic E-state index is 9.11. The third-order valence-corrected chi connectivity index (χ3v) is 2.49. The monoisotopic (exact) mass is 264 g/mol. The number of phenolic OH excluding ortho intramolecular Hbond substituents is 1. The number of aromatic hydroxyl groups is 1. The van der Waals surface area contributed by atoms with Crippen molar-refractivity contribution in [3.63, 3.8) is 0 Å². The first kappa shape index (κ1) is 12.6. The van der Waals surface area contributed by atoms with Crippen LogP contribution >= 0.6 is 11.6 Å². The van der Waals surface area contributed by atoms with E-state index in [1.165, 1.54) is 0 Å². The second kappa shape index (κ2) is 6.17. The maximum absolute atomic E-state index is 9.11. The summed E-state index contributed by atoms with van der Waals surface area (Å²) in [6.45, 7) is 0.860. The Morgan fingerprint density at radius 3 is 2.22 bits per heavy atom. The van der Waals surface area contributed by atoms with Crippen LogP contribution < -0.4 is 9.47 Å². The first-order chi connectivity index (χ1) is 8.74. The van der Waals surface area contributed by atoms with Gasteiger partial charge in [0.15, 0.2) is 0 Å². The molecule has 0 spiro atoms. The van der Waals surface area contributed by atoms with E-state index < -0.39 is 0 Å². The number of phenols is 1. The summed E-state index contributed by atoms with van der Waals surface area (Å²) in [6.07, 6.45) is 0. The van der Waals surface area contributed by atoms with Gasteiger partial charge in [-0.1, -0.05) is 17.7 Å². The number of hydrogen-bond acceptors (Lipinski definition) is 3. The van der Waals surface area contributed by atoms with E-state index in [1.807, 2.05) is 12.1 Å². The SMILES string of the molecule is Oc1ccc(OCCOc2cccc(Cl)c2)cc1. The second-order valence-electron chi connectivity index (χ2n) is 3.65. The fourth-order valence-corrected chi connectivity index (χ4v) is 1.60. The van der Waals surface area contributed by atoms with Crippen molar-refractivity contribution in [2.45, 2.75) is 0 Å². The lowest BCUT2D eigenvalue weighted by Gasteiger charge is -2.08. The van der Waals surface area contributed by atoms with Crippen LogP contribution in [0.1, 0.15) is 0 Å². The summed E-state index contributed by atoms with van der Waals surface area (Å²) in [5.74, 6) is 1.64. The molecule has 0 fully saturated rings. The summed E-state index contributed by atoms with van der Waals surface area (Å²) >= 11 is 5.83. The van der Waals surface area contributed by atoms with E-state index in [9.17, 15) is 0 Å². The molecule has 0 heterocycles. The molecule has 0 saturated heterocycles.